The number of methoxy groups -OCH3 is 1. The van der Waals surface area contributed by atoms with Crippen molar-refractivity contribution in [3.05, 3.63) is 39.3 Å². The monoisotopic (exact) mass is 341 g/mol. The Kier molecular flexibility index (Phi) is 4.79. The summed E-state index contributed by atoms with van der Waals surface area (Å²) in [5, 5.41) is 0.617. The molecule has 2 rings (SSSR count). The summed E-state index contributed by atoms with van der Waals surface area (Å²) in [5.41, 5.74) is 6.83. The van der Waals surface area contributed by atoms with Gasteiger partial charge in [0.25, 0.3) is 0 Å². The van der Waals surface area contributed by atoms with Gasteiger partial charge in [0.1, 0.15) is 5.75 Å². The molecule has 0 unspecified atom stereocenters. The van der Waals surface area contributed by atoms with Gasteiger partial charge in [-0.05, 0) is 30.8 Å². The van der Waals surface area contributed by atoms with Crippen LogP contribution < -0.4 is 10.5 Å². The number of ether oxygens (including phenoxy) is 1. The first-order chi connectivity index (χ1) is 9.08. The molecule has 0 saturated carbocycles. The van der Waals surface area contributed by atoms with Crippen LogP contribution in [-0.4, -0.2) is 24.0 Å². The fourth-order valence-electron chi connectivity index (χ4n) is 1.81. The normalized spacial score (nSPS) is 10.9. The number of nitrogen functional groups attached to an aromatic ring is 1. The van der Waals surface area contributed by atoms with Gasteiger partial charge in [-0.1, -0.05) is 15.9 Å². The summed E-state index contributed by atoms with van der Waals surface area (Å²) in [6.45, 7) is 1.66. The van der Waals surface area contributed by atoms with E-state index in [4.69, 9.17) is 10.5 Å². The molecule has 19 heavy (non-hydrogen) atoms. The van der Waals surface area contributed by atoms with E-state index in [0.717, 1.165) is 23.3 Å². The molecule has 1 heterocycles. The van der Waals surface area contributed by atoms with Crippen LogP contribution >= 0.6 is 27.3 Å². The molecule has 0 saturated heterocycles. The summed E-state index contributed by atoms with van der Waals surface area (Å²) < 4.78 is 6.34. The number of benzene rings is 1. The van der Waals surface area contributed by atoms with E-state index in [1.54, 1.807) is 7.11 Å². The zero-order chi connectivity index (χ0) is 13.8. The molecule has 0 bridgehead atoms. The van der Waals surface area contributed by atoms with E-state index in [0.29, 0.717) is 5.13 Å². The lowest BCUT2D eigenvalue weighted by Crippen LogP contribution is -2.16. The number of thiazole rings is 1. The van der Waals surface area contributed by atoms with Crippen molar-refractivity contribution in [2.75, 3.05) is 19.9 Å². The minimum atomic E-state index is 0.617. The van der Waals surface area contributed by atoms with Gasteiger partial charge in [-0.2, -0.15) is 0 Å². The number of nitrogens with zero attached hydrogens (tertiary/aromatic N) is 2. The zero-order valence-corrected chi connectivity index (χ0v) is 13.3. The molecule has 0 radical (unpaired) electrons. The second-order valence-corrected chi connectivity index (χ2v) is 6.30. The van der Waals surface area contributed by atoms with Gasteiger partial charge in [-0.15, -0.1) is 11.3 Å². The Bertz CT molecular complexity index is 559. The molecule has 102 valence electrons. The Morgan fingerprint density at radius 1 is 1.42 bits per heavy atom. The summed E-state index contributed by atoms with van der Waals surface area (Å²) in [4.78, 5) is 7.44. The third-order valence-electron chi connectivity index (χ3n) is 2.69. The highest BCUT2D eigenvalue weighted by Gasteiger charge is 2.08. The third-order valence-corrected chi connectivity index (χ3v) is 4.28. The molecule has 2 N–H and O–H groups in total. The zero-order valence-electron chi connectivity index (χ0n) is 10.9. The summed E-state index contributed by atoms with van der Waals surface area (Å²) >= 11 is 5.09. The molecule has 1 aromatic carbocycles. The van der Waals surface area contributed by atoms with Gasteiger partial charge in [0.15, 0.2) is 5.13 Å². The smallest absolute Gasteiger partial charge is 0.180 e. The van der Waals surface area contributed by atoms with E-state index in [9.17, 15) is 0 Å². The Morgan fingerprint density at radius 3 is 2.84 bits per heavy atom. The molecule has 0 aliphatic rings. The minimum absolute atomic E-state index is 0.617. The molecule has 0 atom stereocenters. The molecule has 1 aromatic heterocycles. The largest absolute Gasteiger partial charge is 0.497 e. The van der Waals surface area contributed by atoms with Crippen molar-refractivity contribution in [1.29, 1.82) is 0 Å². The molecule has 4 nitrogen and oxygen atoms in total. The Balaban J connectivity index is 2.03. The van der Waals surface area contributed by atoms with Crippen molar-refractivity contribution < 1.29 is 4.74 Å². The first kappa shape index (κ1) is 14.3. The number of halogens is 1. The van der Waals surface area contributed by atoms with Crippen molar-refractivity contribution in [1.82, 2.24) is 9.88 Å². The Hall–Kier alpha value is -1.11. The first-order valence-corrected chi connectivity index (χ1v) is 7.40. The Labute approximate surface area is 125 Å². The summed E-state index contributed by atoms with van der Waals surface area (Å²) in [6, 6.07) is 5.99. The lowest BCUT2D eigenvalue weighted by molar-refractivity contribution is 0.320. The predicted octanol–water partition coefficient (Wildman–Crippen LogP) is 3.13. The lowest BCUT2D eigenvalue weighted by Gasteiger charge is -2.17. The van der Waals surface area contributed by atoms with Crippen LogP contribution in [0.25, 0.3) is 0 Å². The average Bonchev–Trinajstić information content (AvgIpc) is 2.77. The topological polar surface area (TPSA) is 51.4 Å². The minimum Gasteiger partial charge on any atom is -0.497 e. The molecule has 0 aliphatic carbocycles. The quantitative estimate of drug-likeness (QED) is 0.907. The molecular weight excluding hydrogens is 326 g/mol. The number of hydrogen-bond donors (Lipinski definition) is 1. The van der Waals surface area contributed by atoms with Crippen LogP contribution in [0.3, 0.4) is 0 Å². The number of hydrogen-bond acceptors (Lipinski definition) is 5. The van der Waals surface area contributed by atoms with E-state index in [1.807, 2.05) is 24.4 Å². The van der Waals surface area contributed by atoms with Crippen molar-refractivity contribution in [2.24, 2.45) is 0 Å². The van der Waals surface area contributed by atoms with Crippen LogP contribution in [0.5, 0.6) is 5.75 Å². The van der Waals surface area contributed by atoms with Gasteiger partial charge < -0.3 is 10.5 Å². The standard InChI is InChI=1S/C13H16BrN3OS/c1-17(8-11-6-16-13(15)19-11)7-9-5-10(18-2)3-4-12(9)14/h3-6H,7-8H2,1-2H3,(H2,15,16). The second kappa shape index (κ2) is 6.36. The fourth-order valence-corrected chi connectivity index (χ4v) is 2.94. The molecule has 6 heteroatoms. The summed E-state index contributed by atoms with van der Waals surface area (Å²) in [7, 11) is 3.75. The van der Waals surface area contributed by atoms with Gasteiger partial charge in [-0.25, -0.2) is 4.98 Å². The number of anilines is 1. The van der Waals surface area contributed by atoms with Crippen LogP contribution in [0, 0.1) is 0 Å². The van der Waals surface area contributed by atoms with E-state index >= 15 is 0 Å². The number of nitrogens with two attached hydrogens (primary N) is 1. The average molecular weight is 342 g/mol. The molecule has 0 aliphatic heterocycles. The van der Waals surface area contributed by atoms with Crippen LogP contribution in [0.15, 0.2) is 28.9 Å². The fraction of sp³-hybridized carbons (Fsp3) is 0.308. The van der Waals surface area contributed by atoms with E-state index < -0.39 is 0 Å². The van der Waals surface area contributed by atoms with Gasteiger partial charge in [0.2, 0.25) is 0 Å². The van der Waals surface area contributed by atoms with E-state index in [1.165, 1.54) is 21.8 Å². The first-order valence-electron chi connectivity index (χ1n) is 5.79. The summed E-state index contributed by atoms with van der Waals surface area (Å²) in [6.07, 6.45) is 1.83. The molecular formula is C13H16BrN3OS. The molecule has 0 spiro atoms. The van der Waals surface area contributed by atoms with Crippen molar-refractivity contribution in [3.63, 3.8) is 0 Å². The predicted molar refractivity (Wildman–Crippen MR) is 82.4 cm³/mol. The molecule has 2 aromatic rings. The molecule has 0 fully saturated rings. The van der Waals surface area contributed by atoms with Crippen molar-refractivity contribution in [3.8, 4) is 5.75 Å². The number of rotatable bonds is 5. The summed E-state index contributed by atoms with van der Waals surface area (Å²) in [5.74, 6) is 0.869. The maximum Gasteiger partial charge on any atom is 0.180 e. The van der Waals surface area contributed by atoms with Crippen LogP contribution in [0.2, 0.25) is 0 Å². The van der Waals surface area contributed by atoms with Gasteiger partial charge >= 0.3 is 0 Å². The van der Waals surface area contributed by atoms with Gasteiger partial charge in [-0.3, -0.25) is 4.90 Å². The SMILES string of the molecule is COc1ccc(Br)c(CN(C)Cc2cnc(N)s2)c1. The van der Waals surface area contributed by atoms with Crippen LogP contribution in [-0.2, 0) is 13.1 Å². The van der Waals surface area contributed by atoms with E-state index in [-0.39, 0.29) is 0 Å². The van der Waals surface area contributed by atoms with Crippen molar-refractivity contribution >= 4 is 32.4 Å². The third kappa shape index (κ3) is 3.92. The highest BCUT2D eigenvalue weighted by Crippen LogP contribution is 2.24. The maximum absolute atomic E-state index is 5.63. The van der Waals surface area contributed by atoms with Crippen LogP contribution in [0.1, 0.15) is 10.4 Å². The second-order valence-electron chi connectivity index (χ2n) is 4.29. The van der Waals surface area contributed by atoms with Gasteiger partial charge in [0.05, 0.1) is 7.11 Å². The van der Waals surface area contributed by atoms with Gasteiger partial charge in [0, 0.05) is 28.6 Å². The molecule has 0 amide bonds. The van der Waals surface area contributed by atoms with Crippen molar-refractivity contribution in [2.45, 2.75) is 13.1 Å². The van der Waals surface area contributed by atoms with E-state index in [2.05, 4.69) is 32.9 Å². The lowest BCUT2D eigenvalue weighted by atomic mass is 10.2. The highest BCUT2D eigenvalue weighted by molar-refractivity contribution is 9.10. The highest BCUT2D eigenvalue weighted by atomic mass is 79.9. The van der Waals surface area contributed by atoms with Crippen LogP contribution in [0.4, 0.5) is 5.13 Å². The Morgan fingerprint density at radius 2 is 2.21 bits per heavy atom. The number of aromatic nitrogens is 1. The maximum atomic E-state index is 5.63.